The molecule has 1 aliphatic heterocycles. The highest BCUT2D eigenvalue weighted by Gasteiger charge is 2.36. The average Bonchev–Trinajstić information content (AvgIpc) is 3.15. The molecule has 0 radical (unpaired) electrons. The first-order valence-electron chi connectivity index (χ1n) is 9.98. The lowest BCUT2D eigenvalue weighted by Gasteiger charge is -2.16. The zero-order chi connectivity index (χ0) is 22.4. The number of nitrogens with one attached hydrogen (secondary N) is 1. The molecule has 2 amide bonds. The summed E-state index contributed by atoms with van der Waals surface area (Å²) in [6, 6.07) is 13.6. The number of benzene rings is 2. The summed E-state index contributed by atoms with van der Waals surface area (Å²) in [4.78, 5) is 49.9. The van der Waals surface area contributed by atoms with E-state index in [9.17, 15) is 19.2 Å². The molecule has 2 aromatic rings. The third-order valence-electron chi connectivity index (χ3n) is 4.83. The predicted octanol–water partition coefficient (Wildman–Crippen LogP) is 2.71. The van der Waals surface area contributed by atoms with Gasteiger partial charge in [-0.05, 0) is 50.2 Å². The lowest BCUT2D eigenvalue weighted by Crippen LogP contribution is -2.28. The Morgan fingerprint density at radius 3 is 2.35 bits per heavy atom. The van der Waals surface area contributed by atoms with Crippen molar-refractivity contribution in [3.05, 3.63) is 59.7 Å². The summed E-state index contributed by atoms with van der Waals surface area (Å²) < 4.78 is 10.0. The van der Waals surface area contributed by atoms with E-state index in [0.717, 1.165) is 11.3 Å². The molecule has 3 rings (SSSR count). The summed E-state index contributed by atoms with van der Waals surface area (Å²) >= 11 is 0. The lowest BCUT2D eigenvalue weighted by atomic mass is 10.1. The van der Waals surface area contributed by atoms with Crippen LogP contribution in [0.2, 0.25) is 0 Å². The van der Waals surface area contributed by atoms with Crippen molar-refractivity contribution in [1.82, 2.24) is 0 Å². The third-order valence-corrected chi connectivity index (χ3v) is 4.83. The molecule has 0 aromatic heterocycles. The molecule has 1 N–H and O–H groups in total. The van der Waals surface area contributed by atoms with Crippen LogP contribution in [0.25, 0.3) is 0 Å². The van der Waals surface area contributed by atoms with Crippen molar-refractivity contribution in [2.24, 2.45) is 5.92 Å². The molecular formula is C23H24N2O6. The van der Waals surface area contributed by atoms with E-state index in [0.29, 0.717) is 11.3 Å². The van der Waals surface area contributed by atoms with E-state index >= 15 is 0 Å². The number of rotatable bonds is 7. The summed E-state index contributed by atoms with van der Waals surface area (Å²) in [6.07, 6.45) is 0.0453. The Morgan fingerprint density at radius 1 is 1.03 bits per heavy atom. The van der Waals surface area contributed by atoms with Crippen molar-refractivity contribution in [1.29, 1.82) is 0 Å². The first-order valence-corrected chi connectivity index (χ1v) is 9.98. The molecule has 0 saturated carbocycles. The molecular weight excluding hydrogens is 400 g/mol. The van der Waals surface area contributed by atoms with Gasteiger partial charge in [-0.1, -0.05) is 17.7 Å². The molecule has 2 aromatic carbocycles. The van der Waals surface area contributed by atoms with Crippen LogP contribution in [0, 0.1) is 12.8 Å². The van der Waals surface area contributed by atoms with E-state index in [1.807, 2.05) is 31.2 Å². The van der Waals surface area contributed by atoms with Crippen molar-refractivity contribution < 1.29 is 28.7 Å². The monoisotopic (exact) mass is 424 g/mol. The van der Waals surface area contributed by atoms with Crippen LogP contribution >= 0.6 is 0 Å². The third kappa shape index (κ3) is 5.69. The topological polar surface area (TPSA) is 102 Å². The Bertz CT molecular complexity index is 969. The van der Waals surface area contributed by atoms with Gasteiger partial charge < -0.3 is 19.7 Å². The highest BCUT2D eigenvalue weighted by Crippen LogP contribution is 2.26. The molecule has 1 aliphatic rings. The molecule has 0 spiro atoms. The second-order valence-electron chi connectivity index (χ2n) is 7.19. The summed E-state index contributed by atoms with van der Waals surface area (Å²) in [7, 11) is 0. The molecule has 31 heavy (non-hydrogen) atoms. The molecule has 1 saturated heterocycles. The molecule has 0 aliphatic carbocycles. The molecule has 1 fully saturated rings. The van der Waals surface area contributed by atoms with Gasteiger partial charge in [0.15, 0.2) is 6.61 Å². The summed E-state index contributed by atoms with van der Waals surface area (Å²) in [6.45, 7) is 3.70. The Balaban J connectivity index is 1.48. The molecule has 0 bridgehead atoms. The van der Waals surface area contributed by atoms with Gasteiger partial charge in [0.25, 0.3) is 5.91 Å². The van der Waals surface area contributed by atoms with Gasteiger partial charge in [0.05, 0.1) is 18.1 Å². The fourth-order valence-electron chi connectivity index (χ4n) is 3.20. The van der Waals surface area contributed by atoms with Gasteiger partial charge in [0.1, 0.15) is 0 Å². The minimum atomic E-state index is -0.620. The Morgan fingerprint density at radius 2 is 1.71 bits per heavy atom. The van der Waals surface area contributed by atoms with Crippen LogP contribution in [0.3, 0.4) is 0 Å². The maximum atomic E-state index is 12.3. The molecule has 1 atom stereocenters. The zero-order valence-electron chi connectivity index (χ0n) is 17.4. The maximum Gasteiger partial charge on any atom is 0.338 e. The summed E-state index contributed by atoms with van der Waals surface area (Å²) in [5.74, 6) is -2.32. The van der Waals surface area contributed by atoms with Crippen LogP contribution in [-0.2, 0) is 23.9 Å². The zero-order valence-corrected chi connectivity index (χ0v) is 17.4. The Labute approximate surface area is 180 Å². The summed E-state index contributed by atoms with van der Waals surface area (Å²) in [5, 5.41) is 2.59. The van der Waals surface area contributed by atoms with E-state index in [1.54, 1.807) is 24.0 Å². The van der Waals surface area contributed by atoms with Gasteiger partial charge in [0, 0.05) is 24.3 Å². The van der Waals surface area contributed by atoms with Gasteiger partial charge in [-0.3, -0.25) is 14.4 Å². The van der Waals surface area contributed by atoms with Crippen molar-refractivity contribution in [2.75, 3.05) is 30.0 Å². The highest BCUT2D eigenvalue weighted by atomic mass is 16.5. The van der Waals surface area contributed by atoms with E-state index in [2.05, 4.69) is 5.32 Å². The number of amides is 2. The lowest BCUT2D eigenvalue weighted by molar-refractivity contribution is -0.151. The standard InChI is InChI=1S/C23H24N2O6/c1-3-30-22(28)16-6-8-18(9-7-16)24-20(26)14-31-23(29)17-12-21(27)25(13-17)19-10-4-15(2)5-11-19/h4-11,17H,3,12-14H2,1-2H3,(H,24,26). The second-order valence-corrected chi connectivity index (χ2v) is 7.19. The van der Waals surface area contributed by atoms with Crippen LogP contribution in [-0.4, -0.2) is 43.5 Å². The normalized spacial score (nSPS) is 15.5. The molecule has 8 nitrogen and oxygen atoms in total. The largest absolute Gasteiger partial charge is 0.462 e. The average molecular weight is 424 g/mol. The molecule has 162 valence electrons. The van der Waals surface area contributed by atoms with E-state index < -0.39 is 30.4 Å². The van der Waals surface area contributed by atoms with E-state index in [-0.39, 0.29) is 25.5 Å². The number of ether oxygens (including phenoxy) is 2. The fourth-order valence-corrected chi connectivity index (χ4v) is 3.20. The predicted molar refractivity (Wildman–Crippen MR) is 114 cm³/mol. The fraction of sp³-hybridized carbons (Fsp3) is 0.304. The molecule has 1 heterocycles. The maximum absolute atomic E-state index is 12.3. The van der Waals surface area contributed by atoms with Crippen molar-refractivity contribution in [3.8, 4) is 0 Å². The Hall–Kier alpha value is -3.68. The van der Waals surface area contributed by atoms with Gasteiger partial charge in [-0.2, -0.15) is 0 Å². The van der Waals surface area contributed by atoms with Gasteiger partial charge >= 0.3 is 11.9 Å². The molecule has 8 heteroatoms. The van der Waals surface area contributed by atoms with Crippen LogP contribution in [0.15, 0.2) is 48.5 Å². The highest BCUT2D eigenvalue weighted by molar-refractivity contribution is 6.00. The van der Waals surface area contributed by atoms with Crippen molar-refractivity contribution in [3.63, 3.8) is 0 Å². The summed E-state index contributed by atoms with van der Waals surface area (Å²) in [5.41, 5.74) is 2.63. The number of esters is 2. The van der Waals surface area contributed by atoms with Gasteiger partial charge in [-0.15, -0.1) is 0 Å². The quantitative estimate of drug-likeness (QED) is 0.686. The molecule has 1 unspecified atom stereocenters. The number of carbonyl (C=O) groups is 4. The number of hydrogen-bond donors (Lipinski definition) is 1. The first-order chi connectivity index (χ1) is 14.9. The number of anilines is 2. The SMILES string of the molecule is CCOC(=O)c1ccc(NC(=O)COC(=O)C2CC(=O)N(c3ccc(C)cc3)C2)cc1. The van der Waals surface area contributed by atoms with Crippen LogP contribution in [0.5, 0.6) is 0 Å². The van der Waals surface area contributed by atoms with Crippen LogP contribution in [0.4, 0.5) is 11.4 Å². The smallest absolute Gasteiger partial charge is 0.338 e. The van der Waals surface area contributed by atoms with E-state index in [4.69, 9.17) is 9.47 Å². The van der Waals surface area contributed by atoms with Crippen molar-refractivity contribution >= 4 is 35.1 Å². The van der Waals surface area contributed by atoms with E-state index in [1.165, 1.54) is 12.1 Å². The van der Waals surface area contributed by atoms with Gasteiger partial charge in [-0.25, -0.2) is 4.79 Å². The Kier molecular flexibility index (Phi) is 7.02. The number of hydrogen-bond acceptors (Lipinski definition) is 6. The first kappa shape index (κ1) is 22.0. The van der Waals surface area contributed by atoms with Crippen molar-refractivity contribution in [2.45, 2.75) is 20.3 Å². The number of nitrogens with zero attached hydrogens (tertiary/aromatic N) is 1. The van der Waals surface area contributed by atoms with Crippen LogP contribution < -0.4 is 10.2 Å². The van der Waals surface area contributed by atoms with Gasteiger partial charge in [0.2, 0.25) is 5.91 Å². The number of carbonyl (C=O) groups excluding carboxylic acids is 4. The second kappa shape index (κ2) is 9.88. The minimum Gasteiger partial charge on any atom is -0.462 e. The number of aryl methyl sites for hydroxylation is 1. The minimum absolute atomic E-state index is 0.0453. The van der Waals surface area contributed by atoms with Crippen LogP contribution in [0.1, 0.15) is 29.3 Å².